The number of Topliss-reactive ketones (excluding diaryl/α,β-unsaturated/α-hetero) is 1. The highest BCUT2D eigenvalue weighted by Crippen LogP contribution is 2.77. The Morgan fingerprint density at radius 1 is 0.842 bits per heavy atom. The summed E-state index contributed by atoms with van der Waals surface area (Å²) in [6.07, 6.45) is -7.96. The van der Waals surface area contributed by atoms with Crippen LogP contribution in [-0.2, 0) is 23.7 Å². The summed E-state index contributed by atoms with van der Waals surface area (Å²) in [4.78, 5) is 12.6. The lowest BCUT2D eigenvalue weighted by Crippen LogP contribution is -2.68. The van der Waals surface area contributed by atoms with E-state index >= 15 is 0 Å². The monoisotopic (exact) mass is 812 g/mol. The molecular weight excluding hydrogens is 740 g/mol. The zero-order valence-electron chi connectivity index (χ0n) is 35.4. The summed E-state index contributed by atoms with van der Waals surface area (Å²) in [6.45, 7) is 17.8. The van der Waals surface area contributed by atoms with Crippen LogP contribution in [0.2, 0.25) is 0 Å². The normalized spacial score (nSPS) is 50.3. The number of ether oxygens (including phenoxy) is 4. The second-order valence-electron chi connectivity index (χ2n) is 20.6. The topological polar surface area (TPSA) is 236 Å². The van der Waals surface area contributed by atoms with E-state index in [2.05, 4.69) is 54.5 Å². The van der Waals surface area contributed by atoms with Crippen molar-refractivity contribution >= 4 is 5.78 Å². The van der Waals surface area contributed by atoms with Crippen molar-refractivity contribution in [2.24, 2.45) is 44.8 Å². The Morgan fingerprint density at radius 3 is 2.05 bits per heavy atom. The highest BCUT2D eigenvalue weighted by molar-refractivity contribution is 5.86. The number of allylic oxidation sites excluding steroid dienone is 1. The number of aliphatic hydroxyl groups excluding tert-OH is 8. The summed E-state index contributed by atoms with van der Waals surface area (Å²) in [7, 11) is 0. The van der Waals surface area contributed by atoms with Gasteiger partial charge in [0, 0.05) is 17.3 Å². The largest absolute Gasteiger partial charge is 0.394 e. The van der Waals surface area contributed by atoms with Crippen molar-refractivity contribution < 1.29 is 69.7 Å². The van der Waals surface area contributed by atoms with Gasteiger partial charge in [-0.05, 0) is 92.8 Å². The van der Waals surface area contributed by atoms with Crippen molar-refractivity contribution in [2.45, 2.75) is 193 Å². The number of hydrogen-bond donors (Lipinski definition) is 9. The fraction of sp³-hybridized carbons (Fsp3) is 0.930. The summed E-state index contributed by atoms with van der Waals surface area (Å²) >= 11 is 0. The van der Waals surface area contributed by atoms with Crippen molar-refractivity contribution in [3.8, 4) is 0 Å². The number of ketones is 1. The van der Waals surface area contributed by atoms with Crippen molar-refractivity contribution in [1.29, 1.82) is 0 Å². The van der Waals surface area contributed by atoms with Crippen LogP contribution in [-0.4, -0.2) is 144 Å². The minimum absolute atomic E-state index is 0.0631. The van der Waals surface area contributed by atoms with Crippen LogP contribution in [0.3, 0.4) is 0 Å². The maximum atomic E-state index is 12.6. The van der Waals surface area contributed by atoms with Gasteiger partial charge in [0.2, 0.25) is 0 Å². The van der Waals surface area contributed by atoms with Gasteiger partial charge in [0.05, 0.1) is 25.4 Å². The molecule has 14 nitrogen and oxygen atoms in total. The van der Waals surface area contributed by atoms with Gasteiger partial charge in [-0.25, -0.2) is 0 Å². The number of fused-ring (bicyclic) bond motifs is 5. The smallest absolute Gasteiger partial charge is 0.187 e. The Labute approximate surface area is 337 Å². The zero-order valence-corrected chi connectivity index (χ0v) is 35.4. The Hall–Kier alpha value is -1.11. The molecule has 0 aromatic heterocycles. The number of hydrogen-bond acceptors (Lipinski definition) is 14. The van der Waals surface area contributed by atoms with Crippen LogP contribution in [0.1, 0.15) is 114 Å². The predicted octanol–water partition coefficient (Wildman–Crippen LogP) is 1.72. The molecule has 9 N–H and O–H groups in total. The summed E-state index contributed by atoms with van der Waals surface area (Å²) in [6, 6.07) is 0. The van der Waals surface area contributed by atoms with Crippen LogP contribution in [0.15, 0.2) is 11.6 Å². The fourth-order valence-electron chi connectivity index (χ4n) is 13.0. The second kappa shape index (κ2) is 15.7. The van der Waals surface area contributed by atoms with Gasteiger partial charge in [0.1, 0.15) is 54.4 Å². The lowest BCUT2D eigenvalue weighted by molar-refractivity contribution is -0.341. The van der Waals surface area contributed by atoms with Crippen LogP contribution in [0.25, 0.3) is 0 Å². The number of carbonyl (C=O) groups excluding carboxylic acids is 1. The molecule has 2 heterocycles. The third-order valence-electron chi connectivity index (χ3n) is 17.1. The molecule has 14 heteroatoms. The summed E-state index contributed by atoms with van der Waals surface area (Å²) < 4.78 is 23.6. The summed E-state index contributed by atoms with van der Waals surface area (Å²) in [5, 5.41) is 95.9. The average Bonchev–Trinajstić information content (AvgIpc) is 3.41. The van der Waals surface area contributed by atoms with E-state index in [1.165, 1.54) is 5.57 Å². The van der Waals surface area contributed by atoms with Crippen molar-refractivity contribution in [2.75, 3.05) is 13.2 Å². The molecule has 0 aromatic carbocycles. The third kappa shape index (κ3) is 7.12. The third-order valence-corrected chi connectivity index (χ3v) is 17.1. The van der Waals surface area contributed by atoms with Gasteiger partial charge in [-0.3, -0.25) is 4.79 Å². The van der Waals surface area contributed by atoms with Gasteiger partial charge in [-0.2, -0.15) is 0 Å². The van der Waals surface area contributed by atoms with E-state index in [-0.39, 0.29) is 28.4 Å². The summed E-state index contributed by atoms with van der Waals surface area (Å²) in [5.74, 6) is 0.640. The first-order valence-electron chi connectivity index (χ1n) is 21.2. The van der Waals surface area contributed by atoms with E-state index in [4.69, 9.17) is 18.9 Å². The molecule has 19 atom stereocenters. The predicted molar refractivity (Wildman–Crippen MR) is 206 cm³/mol. The van der Waals surface area contributed by atoms with Crippen LogP contribution in [0.5, 0.6) is 0 Å². The molecule has 6 rings (SSSR count). The molecule has 328 valence electrons. The molecule has 0 spiro atoms. The Bertz CT molecular complexity index is 1500. The molecule has 0 radical (unpaired) electrons. The highest BCUT2D eigenvalue weighted by atomic mass is 16.7. The van der Waals surface area contributed by atoms with Crippen LogP contribution in [0.4, 0.5) is 0 Å². The van der Waals surface area contributed by atoms with Crippen LogP contribution < -0.4 is 0 Å². The van der Waals surface area contributed by atoms with Gasteiger partial charge in [0.25, 0.3) is 0 Å². The van der Waals surface area contributed by atoms with Gasteiger partial charge >= 0.3 is 0 Å². The van der Waals surface area contributed by atoms with Gasteiger partial charge in [0.15, 0.2) is 18.4 Å². The number of aliphatic hydroxyl groups is 9. The second-order valence-corrected chi connectivity index (χ2v) is 20.6. The van der Waals surface area contributed by atoms with E-state index in [9.17, 15) is 50.8 Å². The quantitative estimate of drug-likeness (QED) is 0.135. The maximum Gasteiger partial charge on any atom is 0.187 e. The molecule has 6 aliphatic rings. The molecule has 57 heavy (non-hydrogen) atoms. The first-order chi connectivity index (χ1) is 26.3. The molecule has 0 bridgehead atoms. The standard InChI is InChI=1S/C43H72O14/c1-21(10-13-27(45)39(4,5)53)22-14-16-40(6)26-12-11-25-38(2,3)29(15-17-41(25,7)43(26,9)28(46)18-42(22,40)8)57-37-35(52)33(50)31(48)24(56-37)20-54-36-34(51)32(49)30(47)23(19-44)55-36/h11,21-24,26,28-37,44,46-53H,10,12-20H2,1-9H3/t21-,22-,23-,24-,26?,28-,29+,30-,31-,32+,33+,34-,35-,36-,37+,40+,41-,42-,43+/m1/s1. The fourth-order valence-corrected chi connectivity index (χ4v) is 13.0. The lowest BCUT2D eigenvalue weighted by atomic mass is 9.34. The van der Waals surface area contributed by atoms with Gasteiger partial charge in [-0.15, -0.1) is 0 Å². The molecule has 0 amide bonds. The number of carbonyl (C=O) groups is 1. The van der Waals surface area contributed by atoms with E-state index in [0.29, 0.717) is 38.0 Å². The summed E-state index contributed by atoms with van der Waals surface area (Å²) in [5.41, 5.74) is -1.82. The first kappa shape index (κ1) is 45.4. The van der Waals surface area contributed by atoms with E-state index in [1.807, 2.05) is 0 Å². The maximum absolute atomic E-state index is 12.6. The SMILES string of the molecule is C[C@H](CCC(=O)C(C)(C)O)[C@H]1CC[C@@]2(C)C3CC=C4C(C)(C)[C@@H](O[C@@H]5O[C@H](CO[C@@H]6O[C@H](CO)[C@@H](O)[C@H](O)[C@H]6O)[C@@H](O)[C@H](O)[C@H]5O)CC[C@@]4(C)[C@]3(C)[C@H](O)C[C@]12C. The van der Waals surface area contributed by atoms with Crippen LogP contribution in [0, 0.1) is 44.8 Å². The van der Waals surface area contributed by atoms with Crippen molar-refractivity contribution in [3.05, 3.63) is 11.6 Å². The van der Waals surface area contributed by atoms with E-state index in [1.54, 1.807) is 13.8 Å². The van der Waals surface area contributed by atoms with Gasteiger partial charge < -0.3 is 64.9 Å². The van der Waals surface area contributed by atoms with E-state index in [0.717, 1.165) is 19.3 Å². The van der Waals surface area contributed by atoms with Crippen molar-refractivity contribution in [1.82, 2.24) is 0 Å². The Balaban J connectivity index is 1.18. The molecule has 4 aliphatic carbocycles. The molecule has 1 unspecified atom stereocenters. The molecule has 2 saturated heterocycles. The van der Waals surface area contributed by atoms with Gasteiger partial charge in [-0.1, -0.05) is 60.1 Å². The minimum Gasteiger partial charge on any atom is -0.394 e. The minimum atomic E-state index is -1.67. The Kier molecular flexibility index (Phi) is 12.5. The molecule has 2 aliphatic heterocycles. The highest BCUT2D eigenvalue weighted by Gasteiger charge is 2.73. The molecule has 3 saturated carbocycles. The first-order valence-corrected chi connectivity index (χ1v) is 21.2. The average molecular weight is 813 g/mol. The Morgan fingerprint density at radius 2 is 1.44 bits per heavy atom. The van der Waals surface area contributed by atoms with Crippen molar-refractivity contribution in [3.63, 3.8) is 0 Å². The van der Waals surface area contributed by atoms with E-state index < -0.39 is 109 Å². The molecular formula is C43H72O14. The number of rotatable bonds is 11. The molecule has 0 aromatic rings. The van der Waals surface area contributed by atoms with Crippen LogP contribution >= 0.6 is 0 Å². The lowest BCUT2D eigenvalue weighted by Gasteiger charge is -2.71. The molecule has 5 fully saturated rings. The zero-order chi connectivity index (χ0) is 42.4.